The molecule has 2 aromatic carbocycles. The molecule has 0 aromatic heterocycles. The Balaban J connectivity index is 2.22. The number of nitrogens with zero attached hydrogens (tertiary/aromatic N) is 1. The maximum absolute atomic E-state index is 12.9. The summed E-state index contributed by atoms with van der Waals surface area (Å²) in [6.45, 7) is 4.72. The van der Waals surface area contributed by atoms with Gasteiger partial charge in [0.05, 0.1) is 4.90 Å². The zero-order valence-electron chi connectivity index (χ0n) is 16.9. The fourth-order valence-electron chi connectivity index (χ4n) is 2.70. The average Bonchev–Trinajstić information content (AvgIpc) is 2.67. The van der Waals surface area contributed by atoms with Crippen molar-refractivity contribution in [2.45, 2.75) is 43.7 Å². The molecule has 1 amide bonds. The first-order valence-corrected chi connectivity index (χ1v) is 10.5. The molecule has 0 saturated carbocycles. The Hall–Kier alpha value is -2.71. The Kier molecular flexibility index (Phi) is 6.81. The smallest absolute Gasteiger partial charge is 0.326 e. The topological polar surface area (TPSA) is 104 Å². The first-order chi connectivity index (χ1) is 13.5. The van der Waals surface area contributed by atoms with E-state index in [0.717, 1.165) is 15.4 Å². The highest BCUT2D eigenvalue weighted by atomic mass is 32.2. The third kappa shape index (κ3) is 5.21. The molecule has 8 heteroatoms. The van der Waals surface area contributed by atoms with E-state index in [-0.39, 0.29) is 11.3 Å². The van der Waals surface area contributed by atoms with E-state index < -0.39 is 33.5 Å². The van der Waals surface area contributed by atoms with Gasteiger partial charge in [-0.25, -0.2) is 13.2 Å². The summed E-state index contributed by atoms with van der Waals surface area (Å²) < 4.78 is 26.8. The molecule has 29 heavy (non-hydrogen) atoms. The lowest BCUT2D eigenvalue weighted by Gasteiger charge is -2.34. The minimum Gasteiger partial charge on any atom is -0.480 e. The van der Waals surface area contributed by atoms with Gasteiger partial charge in [-0.2, -0.15) is 4.31 Å². The highest BCUT2D eigenvalue weighted by molar-refractivity contribution is 7.89. The lowest BCUT2D eigenvalue weighted by Crippen LogP contribution is -2.58. The largest absolute Gasteiger partial charge is 0.480 e. The molecule has 2 N–H and O–H groups in total. The number of hydrogen-bond donors (Lipinski definition) is 2. The van der Waals surface area contributed by atoms with Crippen LogP contribution in [0, 0.1) is 6.92 Å². The Labute approximate surface area is 171 Å². The summed E-state index contributed by atoms with van der Waals surface area (Å²) in [5.74, 6) is -1.89. The Morgan fingerprint density at radius 1 is 1.07 bits per heavy atom. The van der Waals surface area contributed by atoms with E-state index in [2.05, 4.69) is 5.32 Å². The van der Waals surface area contributed by atoms with Crippen LogP contribution in [0.1, 0.15) is 25.0 Å². The van der Waals surface area contributed by atoms with Crippen LogP contribution in [0.5, 0.6) is 0 Å². The van der Waals surface area contributed by atoms with Crippen molar-refractivity contribution in [3.63, 3.8) is 0 Å². The number of likely N-dealkylation sites (N-methyl/N-ethyl adjacent to an activating group) is 1. The maximum Gasteiger partial charge on any atom is 0.326 e. The molecule has 0 aliphatic heterocycles. The summed E-state index contributed by atoms with van der Waals surface area (Å²) in [6.07, 6.45) is 0.0897. The first-order valence-electron chi connectivity index (χ1n) is 9.09. The van der Waals surface area contributed by atoms with Gasteiger partial charge in [-0.15, -0.1) is 0 Å². The molecule has 0 aliphatic rings. The Bertz CT molecular complexity index is 970. The normalized spacial score (nSPS) is 13.1. The van der Waals surface area contributed by atoms with Gasteiger partial charge in [0.2, 0.25) is 15.9 Å². The number of carbonyl (C=O) groups is 2. The summed E-state index contributed by atoms with van der Waals surface area (Å²) in [6, 6.07) is 14.0. The maximum atomic E-state index is 12.9. The number of carbonyl (C=O) groups excluding carboxylic acids is 1. The summed E-state index contributed by atoms with van der Waals surface area (Å²) in [5.41, 5.74) is 0.154. The van der Waals surface area contributed by atoms with Crippen LogP contribution in [-0.4, -0.2) is 48.3 Å². The molecule has 0 spiro atoms. The van der Waals surface area contributed by atoms with Crippen LogP contribution in [0.15, 0.2) is 59.5 Å². The van der Waals surface area contributed by atoms with Crippen LogP contribution in [0.3, 0.4) is 0 Å². The van der Waals surface area contributed by atoms with Gasteiger partial charge in [-0.1, -0.05) is 48.0 Å². The number of rotatable bonds is 8. The molecular weight excluding hydrogens is 392 g/mol. The number of amides is 1. The molecule has 156 valence electrons. The summed E-state index contributed by atoms with van der Waals surface area (Å²) in [5, 5.41) is 12.0. The van der Waals surface area contributed by atoms with Gasteiger partial charge >= 0.3 is 5.97 Å². The van der Waals surface area contributed by atoms with Crippen molar-refractivity contribution >= 4 is 21.9 Å². The standard InChI is InChI=1S/C21H26N2O5S/c1-15-10-12-17(13-11-15)29(27,28)23(4)21(2,3)20(26)22-18(19(24)25)14-16-8-6-5-7-9-16/h5-13,18H,14H2,1-4H3,(H,22,26)(H,24,25)/t18-/m0/s1. The van der Waals surface area contributed by atoms with Crippen molar-refractivity contribution in [1.82, 2.24) is 9.62 Å². The number of carboxylic acid groups (broad SMARTS) is 1. The number of aliphatic carboxylic acids is 1. The molecule has 0 unspecified atom stereocenters. The predicted molar refractivity (Wildman–Crippen MR) is 110 cm³/mol. The van der Waals surface area contributed by atoms with Gasteiger partial charge < -0.3 is 10.4 Å². The third-order valence-corrected chi connectivity index (χ3v) is 6.95. The number of nitrogens with one attached hydrogen (secondary N) is 1. The fourth-order valence-corrected chi connectivity index (χ4v) is 4.18. The van der Waals surface area contributed by atoms with Gasteiger partial charge in [-0.3, -0.25) is 4.79 Å². The molecule has 2 rings (SSSR count). The van der Waals surface area contributed by atoms with E-state index in [0.29, 0.717) is 0 Å². The van der Waals surface area contributed by atoms with Crippen LogP contribution in [-0.2, 0) is 26.0 Å². The van der Waals surface area contributed by atoms with E-state index >= 15 is 0 Å². The van der Waals surface area contributed by atoms with Gasteiger partial charge in [0.1, 0.15) is 11.6 Å². The van der Waals surface area contributed by atoms with E-state index in [9.17, 15) is 23.1 Å². The molecule has 0 aliphatic carbocycles. The van der Waals surface area contributed by atoms with Crippen molar-refractivity contribution in [3.05, 3.63) is 65.7 Å². The van der Waals surface area contributed by atoms with Crippen molar-refractivity contribution in [3.8, 4) is 0 Å². The Morgan fingerprint density at radius 3 is 2.14 bits per heavy atom. The summed E-state index contributed by atoms with van der Waals surface area (Å²) >= 11 is 0. The minimum atomic E-state index is -3.95. The molecule has 1 atom stereocenters. The average molecular weight is 419 g/mol. The van der Waals surface area contributed by atoms with E-state index in [1.54, 1.807) is 36.4 Å². The van der Waals surface area contributed by atoms with E-state index in [4.69, 9.17) is 0 Å². The molecule has 7 nitrogen and oxygen atoms in total. The van der Waals surface area contributed by atoms with Gasteiger partial charge in [0.15, 0.2) is 0 Å². The van der Waals surface area contributed by atoms with Gasteiger partial charge in [-0.05, 0) is 38.5 Å². The van der Waals surface area contributed by atoms with Crippen LogP contribution in [0.2, 0.25) is 0 Å². The van der Waals surface area contributed by atoms with Gasteiger partial charge in [0.25, 0.3) is 0 Å². The second kappa shape index (κ2) is 8.75. The van der Waals surface area contributed by atoms with Crippen LogP contribution >= 0.6 is 0 Å². The van der Waals surface area contributed by atoms with Crippen LogP contribution in [0.25, 0.3) is 0 Å². The molecule has 0 radical (unpaired) electrons. The second-order valence-corrected chi connectivity index (χ2v) is 9.37. The zero-order valence-corrected chi connectivity index (χ0v) is 17.7. The molecule has 0 fully saturated rings. The Morgan fingerprint density at radius 2 is 1.62 bits per heavy atom. The molecule has 0 heterocycles. The highest BCUT2D eigenvalue weighted by Gasteiger charge is 2.41. The van der Waals surface area contributed by atoms with Gasteiger partial charge in [0, 0.05) is 13.5 Å². The monoisotopic (exact) mass is 418 g/mol. The third-order valence-electron chi connectivity index (χ3n) is 4.91. The number of carboxylic acids is 1. The minimum absolute atomic E-state index is 0.0607. The highest BCUT2D eigenvalue weighted by Crippen LogP contribution is 2.23. The fraction of sp³-hybridized carbons (Fsp3) is 0.333. The number of hydrogen-bond acceptors (Lipinski definition) is 4. The lowest BCUT2D eigenvalue weighted by molar-refractivity contribution is -0.143. The van der Waals surface area contributed by atoms with Crippen LogP contribution in [0.4, 0.5) is 0 Å². The summed E-state index contributed by atoms with van der Waals surface area (Å²) in [7, 11) is -2.64. The van der Waals surface area contributed by atoms with Crippen LogP contribution < -0.4 is 5.32 Å². The quantitative estimate of drug-likeness (QED) is 0.684. The van der Waals surface area contributed by atoms with Crippen molar-refractivity contribution in [2.24, 2.45) is 0 Å². The molecule has 0 saturated heterocycles. The van der Waals surface area contributed by atoms with Crippen molar-refractivity contribution < 1.29 is 23.1 Å². The SMILES string of the molecule is Cc1ccc(S(=O)(=O)N(C)C(C)(C)C(=O)N[C@@H](Cc2ccccc2)C(=O)O)cc1. The molecular formula is C21H26N2O5S. The number of benzene rings is 2. The van der Waals surface area contributed by atoms with Crippen molar-refractivity contribution in [1.29, 1.82) is 0 Å². The first kappa shape index (κ1) is 22.6. The zero-order chi connectivity index (χ0) is 21.8. The predicted octanol–water partition coefficient (Wildman–Crippen LogP) is 2.21. The lowest BCUT2D eigenvalue weighted by atomic mass is 10.0. The number of aryl methyl sites for hydroxylation is 1. The molecule has 2 aromatic rings. The summed E-state index contributed by atoms with van der Waals surface area (Å²) in [4.78, 5) is 24.6. The van der Waals surface area contributed by atoms with E-state index in [1.165, 1.54) is 33.0 Å². The molecule has 0 bridgehead atoms. The van der Waals surface area contributed by atoms with Crippen molar-refractivity contribution in [2.75, 3.05) is 7.05 Å². The number of sulfonamides is 1. The van der Waals surface area contributed by atoms with E-state index in [1.807, 2.05) is 13.0 Å². The second-order valence-electron chi connectivity index (χ2n) is 7.40.